The third-order valence-electron chi connectivity index (χ3n) is 7.59. The maximum absolute atomic E-state index is 12.6. The van der Waals surface area contributed by atoms with Gasteiger partial charge in [-0.05, 0) is 75.5 Å². The van der Waals surface area contributed by atoms with E-state index in [0.717, 1.165) is 83.2 Å². The van der Waals surface area contributed by atoms with Crippen LogP contribution in [0.1, 0.15) is 56.9 Å². The first kappa shape index (κ1) is 21.7. The van der Waals surface area contributed by atoms with E-state index in [1.54, 1.807) is 6.20 Å². The van der Waals surface area contributed by atoms with Gasteiger partial charge in [-0.25, -0.2) is 0 Å². The molecule has 0 bridgehead atoms. The van der Waals surface area contributed by atoms with Crippen molar-refractivity contribution in [3.63, 3.8) is 0 Å². The molecule has 4 rings (SSSR count). The summed E-state index contributed by atoms with van der Waals surface area (Å²) in [4.78, 5) is 21.3. The number of carbonyl (C=O) groups is 1. The molecule has 3 aliphatic rings. The Kier molecular flexibility index (Phi) is 7.06. The highest BCUT2D eigenvalue weighted by Crippen LogP contribution is 2.42. The number of aliphatic hydroxyl groups excluding tert-OH is 1. The van der Waals surface area contributed by atoms with Crippen molar-refractivity contribution in [3.05, 3.63) is 30.1 Å². The Morgan fingerprint density at radius 3 is 2.77 bits per heavy atom. The summed E-state index contributed by atoms with van der Waals surface area (Å²) in [6.45, 7) is 3.54. The van der Waals surface area contributed by atoms with Gasteiger partial charge in [0, 0.05) is 44.5 Å². The Morgan fingerprint density at radius 2 is 2.07 bits per heavy atom. The summed E-state index contributed by atoms with van der Waals surface area (Å²) >= 11 is 0. The minimum Gasteiger partial charge on any atom is -0.393 e. The second-order valence-electron chi connectivity index (χ2n) is 9.78. The van der Waals surface area contributed by atoms with Crippen LogP contribution in [0, 0.1) is 5.41 Å². The summed E-state index contributed by atoms with van der Waals surface area (Å²) in [6.07, 6.45) is 12.4. The van der Waals surface area contributed by atoms with Crippen LogP contribution in [-0.2, 0) is 16.0 Å². The number of nitrogens with zero attached hydrogens (tertiary/aromatic N) is 3. The van der Waals surface area contributed by atoms with Crippen molar-refractivity contribution in [3.8, 4) is 0 Å². The largest absolute Gasteiger partial charge is 0.393 e. The molecule has 1 aromatic heterocycles. The van der Waals surface area contributed by atoms with Crippen molar-refractivity contribution in [2.75, 3.05) is 33.3 Å². The number of hydrogen-bond acceptors (Lipinski definition) is 5. The normalized spacial score (nSPS) is 28.9. The van der Waals surface area contributed by atoms with Crippen molar-refractivity contribution >= 4 is 5.91 Å². The van der Waals surface area contributed by atoms with Crippen LogP contribution in [-0.4, -0.2) is 77.3 Å². The minimum absolute atomic E-state index is 0.0992. The molecule has 6 heteroatoms. The predicted molar refractivity (Wildman–Crippen MR) is 116 cm³/mol. The molecule has 30 heavy (non-hydrogen) atoms. The van der Waals surface area contributed by atoms with Gasteiger partial charge in [0.15, 0.2) is 0 Å². The molecule has 1 spiro atoms. The number of piperidine rings is 1. The summed E-state index contributed by atoms with van der Waals surface area (Å²) < 4.78 is 6.23. The lowest BCUT2D eigenvalue weighted by Crippen LogP contribution is -2.44. The van der Waals surface area contributed by atoms with Gasteiger partial charge in [-0.2, -0.15) is 0 Å². The first-order chi connectivity index (χ1) is 14.5. The lowest BCUT2D eigenvalue weighted by atomic mass is 9.76. The lowest BCUT2D eigenvalue weighted by Gasteiger charge is -2.39. The van der Waals surface area contributed by atoms with Crippen LogP contribution in [0.3, 0.4) is 0 Å². The molecule has 6 nitrogen and oxygen atoms in total. The van der Waals surface area contributed by atoms with Crippen LogP contribution in [0.2, 0.25) is 0 Å². The average Bonchev–Trinajstić information content (AvgIpc) is 3.15. The molecule has 3 heterocycles. The topological polar surface area (TPSA) is 65.9 Å². The van der Waals surface area contributed by atoms with E-state index in [1.807, 2.05) is 18.3 Å². The van der Waals surface area contributed by atoms with E-state index in [2.05, 4.69) is 21.8 Å². The zero-order chi connectivity index (χ0) is 21.0. The fourth-order valence-electron chi connectivity index (χ4n) is 5.52. The van der Waals surface area contributed by atoms with E-state index in [9.17, 15) is 9.90 Å². The van der Waals surface area contributed by atoms with Gasteiger partial charge in [-0.15, -0.1) is 0 Å². The van der Waals surface area contributed by atoms with Crippen LogP contribution in [0.15, 0.2) is 24.5 Å². The fourth-order valence-corrected chi connectivity index (χ4v) is 5.52. The number of carbonyl (C=O) groups excluding carboxylic acids is 1. The van der Waals surface area contributed by atoms with Crippen molar-refractivity contribution in [2.45, 2.75) is 76.0 Å². The highest BCUT2D eigenvalue weighted by Gasteiger charge is 2.43. The number of likely N-dealkylation sites (tertiary alicyclic amines) is 1. The molecular weight excluding hydrogens is 378 g/mol. The highest BCUT2D eigenvalue weighted by molar-refractivity contribution is 5.76. The molecule has 1 aromatic rings. The number of aromatic nitrogens is 1. The minimum atomic E-state index is -0.0992. The molecule has 1 atom stereocenters. The molecule has 1 N–H and O–H groups in total. The Hall–Kier alpha value is -1.50. The van der Waals surface area contributed by atoms with Crippen molar-refractivity contribution < 1.29 is 14.6 Å². The van der Waals surface area contributed by atoms with Gasteiger partial charge in [0.2, 0.25) is 5.91 Å². The lowest BCUT2D eigenvalue weighted by molar-refractivity contribution is -0.133. The quantitative estimate of drug-likeness (QED) is 0.774. The van der Waals surface area contributed by atoms with Gasteiger partial charge in [-0.1, -0.05) is 6.07 Å². The second-order valence-corrected chi connectivity index (χ2v) is 9.78. The first-order valence-electron chi connectivity index (χ1n) is 11.7. The molecule has 3 fully saturated rings. The van der Waals surface area contributed by atoms with Gasteiger partial charge in [0.25, 0.3) is 0 Å². The summed E-state index contributed by atoms with van der Waals surface area (Å²) in [5.41, 5.74) is 1.39. The van der Waals surface area contributed by atoms with Crippen LogP contribution in [0.25, 0.3) is 0 Å². The van der Waals surface area contributed by atoms with E-state index in [4.69, 9.17) is 4.74 Å². The standard InChI is InChI=1S/C24H37N3O3/c1-26(20-5-7-21(28)8-6-20)17-22-15-24(18-30-22)10-13-27(14-11-24)23(29)9-4-19-3-2-12-25-16-19/h2-3,12,16,20-22,28H,4-11,13-15,17-18H2,1H3/t20?,21?,22-/m1/s1. The molecule has 2 saturated heterocycles. The summed E-state index contributed by atoms with van der Waals surface area (Å²) in [5, 5.41) is 9.74. The van der Waals surface area contributed by atoms with Crippen LogP contribution >= 0.6 is 0 Å². The van der Waals surface area contributed by atoms with E-state index in [1.165, 1.54) is 0 Å². The van der Waals surface area contributed by atoms with Crippen LogP contribution < -0.4 is 0 Å². The molecule has 0 radical (unpaired) electrons. The van der Waals surface area contributed by atoms with Crippen molar-refractivity contribution in [1.82, 2.24) is 14.8 Å². The van der Waals surface area contributed by atoms with Crippen molar-refractivity contribution in [1.29, 1.82) is 0 Å². The summed E-state index contributed by atoms with van der Waals surface area (Å²) in [7, 11) is 2.21. The molecule has 0 unspecified atom stereocenters. The monoisotopic (exact) mass is 415 g/mol. The van der Waals surface area contributed by atoms with Gasteiger partial charge in [0.1, 0.15) is 0 Å². The summed E-state index contributed by atoms with van der Waals surface area (Å²) in [6, 6.07) is 4.54. The SMILES string of the molecule is CN(C[C@H]1CC2(CCN(C(=O)CCc3cccnc3)CC2)CO1)C1CCC(O)CC1. The molecule has 2 aliphatic heterocycles. The number of likely N-dealkylation sites (N-methyl/N-ethyl adjacent to an activating group) is 1. The van der Waals surface area contributed by atoms with Crippen LogP contribution in [0.5, 0.6) is 0 Å². The molecular formula is C24H37N3O3. The third kappa shape index (κ3) is 5.40. The van der Waals surface area contributed by atoms with Crippen molar-refractivity contribution in [2.24, 2.45) is 5.41 Å². The molecule has 1 saturated carbocycles. The maximum Gasteiger partial charge on any atom is 0.222 e. The number of rotatable bonds is 6. The zero-order valence-electron chi connectivity index (χ0n) is 18.3. The molecule has 166 valence electrons. The zero-order valence-corrected chi connectivity index (χ0v) is 18.3. The van der Waals surface area contributed by atoms with Crippen LogP contribution in [0.4, 0.5) is 0 Å². The Balaban J connectivity index is 1.19. The smallest absolute Gasteiger partial charge is 0.222 e. The first-order valence-corrected chi connectivity index (χ1v) is 11.7. The Bertz CT molecular complexity index is 682. The third-order valence-corrected chi connectivity index (χ3v) is 7.59. The number of pyridine rings is 1. The second kappa shape index (κ2) is 9.75. The van der Waals surface area contributed by atoms with Gasteiger partial charge in [-0.3, -0.25) is 9.78 Å². The number of ether oxygens (including phenoxy) is 1. The highest BCUT2D eigenvalue weighted by atomic mass is 16.5. The average molecular weight is 416 g/mol. The molecule has 1 amide bonds. The van der Waals surface area contributed by atoms with Gasteiger partial charge < -0.3 is 19.6 Å². The number of amides is 1. The predicted octanol–water partition coefficient (Wildman–Crippen LogP) is 2.65. The number of aryl methyl sites for hydroxylation is 1. The van der Waals surface area contributed by atoms with E-state index in [-0.39, 0.29) is 17.4 Å². The van der Waals surface area contributed by atoms with Gasteiger partial charge in [0.05, 0.1) is 18.8 Å². The van der Waals surface area contributed by atoms with E-state index in [0.29, 0.717) is 18.6 Å². The van der Waals surface area contributed by atoms with E-state index < -0.39 is 0 Å². The molecule has 0 aromatic carbocycles. The fraction of sp³-hybridized carbons (Fsp3) is 0.750. The summed E-state index contributed by atoms with van der Waals surface area (Å²) in [5.74, 6) is 0.267. The Labute approximate surface area is 180 Å². The molecule has 1 aliphatic carbocycles. The maximum atomic E-state index is 12.6. The van der Waals surface area contributed by atoms with Gasteiger partial charge >= 0.3 is 0 Å². The number of aliphatic hydroxyl groups is 1. The number of hydrogen-bond donors (Lipinski definition) is 1. The van der Waals surface area contributed by atoms with E-state index >= 15 is 0 Å². The Morgan fingerprint density at radius 1 is 1.30 bits per heavy atom.